The van der Waals surface area contributed by atoms with Crippen LogP contribution in [-0.4, -0.2) is 10.9 Å². The van der Waals surface area contributed by atoms with E-state index in [1.165, 1.54) is 0 Å². The molecule has 0 spiro atoms. The van der Waals surface area contributed by atoms with Crippen LogP contribution in [0.2, 0.25) is 5.02 Å². The Balaban J connectivity index is 1.82. The lowest BCUT2D eigenvalue weighted by Crippen LogP contribution is -2.30. The summed E-state index contributed by atoms with van der Waals surface area (Å²) in [6.45, 7) is 5.90. The molecular formula is C31H28ClNO4. The molecule has 1 aliphatic carbocycles. The zero-order chi connectivity index (χ0) is 26.3. The van der Waals surface area contributed by atoms with Crippen molar-refractivity contribution in [3.63, 3.8) is 0 Å². The van der Waals surface area contributed by atoms with Gasteiger partial charge in [0.15, 0.2) is 5.78 Å². The Labute approximate surface area is 220 Å². The fourth-order valence-corrected chi connectivity index (χ4v) is 5.23. The van der Waals surface area contributed by atoms with Crippen LogP contribution in [-0.2, 0) is 4.79 Å². The van der Waals surface area contributed by atoms with Gasteiger partial charge in [-0.3, -0.25) is 4.79 Å². The summed E-state index contributed by atoms with van der Waals surface area (Å²) < 4.78 is 5.78. The molecule has 1 aromatic heterocycles. The Kier molecular flexibility index (Phi) is 6.42. The van der Waals surface area contributed by atoms with Crippen LogP contribution >= 0.6 is 11.6 Å². The molecule has 3 aromatic carbocycles. The predicted molar refractivity (Wildman–Crippen MR) is 148 cm³/mol. The largest absolute Gasteiger partial charge is 0.512 e. The average Bonchev–Trinajstić information content (AvgIpc) is 2.83. The summed E-state index contributed by atoms with van der Waals surface area (Å²) >= 11 is 6.18. The molecule has 188 valence electrons. The Morgan fingerprint density at radius 2 is 1.62 bits per heavy atom. The number of halogens is 1. The number of benzene rings is 3. The summed E-state index contributed by atoms with van der Waals surface area (Å²) in [6.07, 6.45) is 0.591. The topological polar surface area (TPSA) is 79.5 Å². The van der Waals surface area contributed by atoms with Crippen molar-refractivity contribution >= 4 is 39.7 Å². The van der Waals surface area contributed by atoms with E-state index in [-0.39, 0.29) is 34.5 Å². The molecule has 37 heavy (non-hydrogen) atoms. The molecular weight excluding hydrogens is 486 g/mol. The smallest absolute Gasteiger partial charge is 0.342 e. The molecule has 0 saturated carbocycles. The number of Topliss-reactive ketones (excluding diaryl/α,β-unsaturated/α-hetero) is 1. The number of nitrogens with one attached hydrogen (secondary N) is 1. The van der Waals surface area contributed by atoms with E-state index >= 15 is 0 Å². The summed E-state index contributed by atoms with van der Waals surface area (Å²) in [7, 11) is 0. The van der Waals surface area contributed by atoms with Crippen LogP contribution in [0.3, 0.4) is 0 Å². The molecule has 0 bridgehead atoms. The van der Waals surface area contributed by atoms with Gasteiger partial charge in [0, 0.05) is 34.5 Å². The van der Waals surface area contributed by atoms with Crippen LogP contribution in [0.1, 0.15) is 49.3 Å². The fraction of sp³-hybridized carbons (Fsp3) is 0.226. The van der Waals surface area contributed by atoms with Gasteiger partial charge in [-0.1, -0.05) is 67.4 Å². The first-order valence-electron chi connectivity index (χ1n) is 12.2. The summed E-state index contributed by atoms with van der Waals surface area (Å²) in [5.74, 6) is -1.05. The molecule has 4 aromatic rings. The van der Waals surface area contributed by atoms with Crippen LogP contribution in [0.4, 0.5) is 11.4 Å². The van der Waals surface area contributed by atoms with Crippen molar-refractivity contribution in [1.29, 1.82) is 0 Å². The monoisotopic (exact) mass is 513 g/mol. The van der Waals surface area contributed by atoms with Crippen LogP contribution in [0.5, 0.6) is 0 Å². The third-order valence-electron chi connectivity index (χ3n) is 6.85. The van der Waals surface area contributed by atoms with Crippen molar-refractivity contribution in [2.24, 2.45) is 5.41 Å². The number of ketones is 1. The standard InChI is InChI=1S/C31H28ClNO4/c1-18-8-14-21(15-9-18)33-29-22-6-4-5-7-25(22)37-30(36)28(29)26(19-10-12-20(32)13-11-19)27-23(34)16-31(2,3)17-24(27)35/h4-15,26,33-34H,16-17H2,1-3H3. The highest BCUT2D eigenvalue weighted by Gasteiger charge is 2.40. The lowest BCUT2D eigenvalue weighted by molar-refractivity contribution is -0.118. The van der Waals surface area contributed by atoms with Gasteiger partial charge in [-0.25, -0.2) is 4.79 Å². The Morgan fingerprint density at radius 3 is 2.30 bits per heavy atom. The maximum absolute atomic E-state index is 13.7. The van der Waals surface area contributed by atoms with Crippen molar-refractivity contribution < 1.29 is 14.3 Å². The van der Waals surface area contributed by atoms with E-state index in [0.29, 0.717) is 33.7 Å². The molecule has 1 atom stereocenters. The second-order valence-corrected chi connectivity index (χ2v) is 10.9. The van der Waals surface area contributed by atoms with Crippen molar-refractivity contribution in [2.75, 3.05) is 5.32 Å². The second kappa shape index (κ2) is 9.56. The van der Waals surface area contributed by atoms with Gasteiger partial charge in [0.05, 0.1) is 17.2 Å². The zero-order valence-electron chi connectivity index (χ0n) is 21.0. The van der Waals surface area contributed by atoms with E-state index in [0.717, 1.165) is 11.3 Å². The molecule has 0 saturated heterocycles. The van der Waals surface area contributed by atoms with Gasteiger partial charge < -0.3 is 14.8 Å². The van der Waals surface area contributed by atoms with E-state index in [2.05, 4.69) is 5.32 Å². The van der Waals surface area contributed by atoms with Gasteiger partial charge in [-0.15, -0.1) is 0 Å². The molecule has 0 aliphatic heterocycles. The van der Waals surface area contributed by atoms with Gasteiger partial charge in [-0.05, 0) is 54.3 Å². The van der Waals surface area contributed by atoms with Crippen LogP contribution < -0.4 is 10.9 Å². The van der Waals surface area contributed by atoms with E-state index in [4.69, 9.17) is 16.0 Å². The second-order valence-electron chi connectivity index (χ2n) is 10.5. The average molecular weight is 514 g/mol. The SMILES string of the molecule is Cc1ccc(Nc2c(C(C3=C(O)CC(C)(C)CC3=O)c3ccc(Cl)cc3)c(=O)oc3ccccc23)cc1. The lowest BCUT2D eigenvalue weighted by atomic mass is 9.71. The minimum absolute atomic E-state index is 0.00459. The maximum Gasteiger partial charge on any atom is 0.342 e. The number of aliphatic hydroxyl groups is 1. The normalized spacial score (nSPS) is 16.2. The summed E-state index contributed by atoms with van der Waals surface area (Å²) in [6, 6.07) is 22.1. The van der Waals surface area contributed by atoms with Gasteiger partial charge in [0.25, 0.3) is 0 Å². The first-order valence-corrected chi connectivity index (χ1v) is 12.6. The number of carbonyl (C=O) groups excluding carboxylic acids is 1. The molecule has 2 N–H and O–H groups in total. The van der Waals surface area contributed by atoms with Crippen molar-refractivity contribution in [3.05, 3.63) is 116 Å². The number of hydrogen-bond donors (Lipinski definition) is 2. The van der Waals surface area contributed by atoms with E-state index in [1.54, 1.807) is 36.4 Å². The number of para-hydroxylation sites is 1. The number of allylic oxidation sites excluding steroid dienone is 2. The Bertz CT molecular complexity index is 1580. The van der Waals surface area contributed by atoms with Gasteiger partial charge in [-0.2, -0.15) is 0 Å². The quantitative estimate of drug-likeness (QED) is 0.266. The van der Waals surface area contributed by atoms with E-state index in [9.17, 15) is 14.7 Å². The molecule has 6 heteroatoms. The fourth-order valence-electron chi connectivity index (χ4n) is 5.10. The van der Waals surface area contributed by atoms with Gasteiger partial charge in [0.2, 0.25) is 0 Å². The molecule has 0 fully saturated rings. The molecule has 1 unspecified atom stereocenters. The molecule has 5 rings (SSSR count). The molecule has 0 radical (unpaired) electrons. The van der Waals surface area contributed by atoms with Crippen LogP contribution in [0.25, 0.3) is 11.0 Å². The number of fused-ring (bicyclic) bond motifs is 1. The van der Waals surface area contributed by atoms with Crippen LogP contribution in [0.15, 0.2) is 93.3 Å². The van der Waals surface area contributed by atoms with Crippen molar-refractivity contribution in [1.82, 2.24) is 0 Å². The van der Waals surface area contributed by atoms with E-state index in [1.807, 2.05) is 57.2 Å². The highest BCUT2D eigenvalue weighted by atomic mass is 35.5. The molecule has 5 nitrogen and oxygen atoms in total. The Morgan fingerprint density at radius 1 is 0.946 bits per heavy atom. The van der Waals surface area contributed by atoms with Crippen molar-refractivity contribution in [2.45, 2.75) is 39.5 Å². The number of anilines is 2. The zero-order valence-corrected chi connectivity index (χ0v) is 21.7. The number of aliphatic hydroxyl groups excluding tert-OH is 1. The lowest BCUT2D eigenvalue weighted by Gasteiger charge is -2.33. The highest BCUT2D eigenvalue weighted by Crippen LogP contribution is 2.45. The molecule has 1 aliphatic rings. The van der Waals surface area contributed by atoms with Gasteiger partial charge in [0.1, 0.15) is 11.3 Å². The third-order valence-corrected chi connectivity index (χ3v) is 7.10. The highest BCUT2D eigenvalue weighted by molar-refractivity contribution is 6.30. The third kappa shape index (κ3) is 4.92. The van der Waals surface area contributed by atoms with Crippen LogP contribution in [0, 0.1) is 12.3 Å². The first kappa shape index (κ1) is 24.8. The summed E-state index contributed by atoms with van der Waals surface area (Å²) in [5.41, 5.74) is 3.03. The number of hydrogen-bond acceptors (Lipinski definition) is 5. The first-order chi connectivity index (χ1) is 17.6. The number of rotatable bonds is 5. The summed E-state index contributed by atoms with van der Waals surface area (Å²) in [4.78, 5) is 27.3. The number of carbonyl (C=O) groups is 1. The van der Waals surface area contributed by atoms with E-state index < -0.39 is 11.5 Å². The molecule has 1 heterocycles. The summed E-state index contributed by atoms with van der Waals surface area (Å²) in [5, 5.41) is 15.9. The predicted octanol–water partition coefficient (Wildman–Crippen LogP) is 7.83. The number of aryl methyl sites for hydroxylation is 1. The van der Waals surface area contributed by atoms with Crippen molar-refractivity contribution in [3.8, 4) is 0 Å². The molecule has 0 amide bonds. The minimum atomic E-state index is -0.852. The Hall–Kier alpha value is -3.83. The van der Waals surface area contributed by atoms with Gasteiger partial charge >= 0.3 is 5.63 Å². The maximum atomic E-state index is 13.7. The minimum Gasteiger partial charge on any atom is -0.512 e.